The Morgan fingerprint density at radius 3 is 2.61 bits per heavy atom. The van der Waals surface area contributed by atoms with Crippen molar-refractivity contribution in [3.63, 3.8) is 0 Å². The third kappa shape index (κ3) is 5.64. The zero-order valence-corrected chi connectivity index (χ0v) is 12.3. The third-order valence-corrected chi connectivity index (χ3v) is 3.80. The molecule has 0 amide bonds. The summed E-state index contributed by atoms with van der Waals surface area (Å²) in [5.41, 5.74) is -0.430. The summed E-state index contributed by atoms with van der Waals surface area (Å²) < 4.78 is 25.3. The molecule has 1 unspecified atom stereocenters. The fourth-order valence-electron chi connectivity index (χ4n) is 2.31. The van der Waals surface area contributed by atoms with Gasteiger partial charge in [-0.3, -0.25) is 0 Å². The van der Waals surface area contributed by atoms with Crippen LogP contribution in [-0.2, 0) is 16.4 Å². The molecule has 1 atom stereocenters. The lowest BCUT2D eigenvalue weighted by Crippen LogP contribution is -2.44. The highest BCUT2D eigenvalue weighted by Gasteiger charge is 2.26. The first-order chi connectivity index (χ1) is 8.22. The average molecular weight is 273 g/mol. The Hall–Kier alpha value is -0.880. The van der Waals surface area contributed by atoms with E-state index in [4.69, 9.17) is 0 Å². The molecular formula is C12H23N3O2S. The van der Waals surface area contributed by atoms with E-state index in [1.165, 1.54) is 6.26 Å². The van der Waals surface area contributed by atoms with E-state index >= 15 is 0 Å². The van der Waals surface area contributed by atoms with Crippen LogP contribution in [0.25, 0.3) is 0 Å². The second-order valence-corrected chi connectivity index (χ2v) is 7.22. The van der Waals surface area contributed by atoms with Crippen molar-refractivity contribution < 1.29 is 8.42 Å². The summed E-state index contributed by atoms with van der Waals surface area (Å²) in [7, 11) is -3.17. The SMILES string of the molecule is CCC(Cc1ncc[nH]1)CC(C)(C)NS(C)(=O)=O. The summed E-state index contributed by atoms with van der Waals surface area (Å²) in [6.45, 7) is 5.95. The fraction of sp³-hybridized carbons (Fsp3) is 0.750. The number of nitrogens with zero attached hydrogens (tertiary/aromatic N) is 1. The molecule has 104 valence electrons. The highest BCUT2D eigenvalue weighted by molar-refractivity contribution is 7.88. The van der Waals surface area contributed by atoms with Crippen LogP contribution in [0.2, 0.25) is 0 Å². The quantitative estimate of drug-likeness (QED) is 0.794. The van der Waals surface area contributed by atoms with Gasteiger partial charge in [0.2, 0.25) is 10.0 Å². The Balaban J connectivity index is 2.62. The molecule has 0 aliphatic rings. The smallest absolute Gasteiger partial charge is 0.209 e. The zero-order chi connectivity index (χ0) is 13.8. The minimum Gasteiger partial charge on any atom is -0.349 e. The minimum absolute atomic E-state index is 0.403. The van der Waals surface area contributed by atoms with Crippen molar-refractivity contribution in [2.45, 2.75) is 45.6 Å². The summed E-state index contributed by atoms with van der Waals surface area (Å²) in [5.74, 6) is 1.36. The van der Waals surface area contributed by atoms with Gasteiger partial charge in [-0.2, -0.15) is 0 Å². The van der Waals surface area contributed by atoms with Crippen LogP contribution in [0.15, 0.2) is 12.4 Å². The highest BCUT2D eigenvalue weighted by atomic mass is 32.2. The Morgan fingerprint density at radius 1 is 1.50 bits per heavy atom. The number of sulfonamides is 1. The van der Waals surface area contributed by atoms with E-state index in [9.17, 15) is 8.42 Å². The number of hydrogen-bond acceptors (Lipinski definition) is 3. The first kappa shape index (κ1) is 15.2. The maximum Gasteiger partial charge on any atom is 0.209 e. The average Bonchev–Trinajstić information content (AvgIpc) is 2.64. The van der Waals surface area contributed by atoms with Gasteiger partial charge in [-0.05, 0) is 26.2 Å². The van der Waals surface area contributed by atoms with E-state index in [0.717, 1.165) is 25.1 Å². The summed E-state index contributed by atoms with van der Waals surface area (Å²) >= 11 is 0. The lowest BCUT2D eigenvalue weighted by atomic mass is 9.87. The lowest BCUT2D eigenvalue weighted by molar-refractivity contribution is 0.323. The molecule has 0 fully saturated rings. The van der Waals surface area contributed by atoms with Gasteiger partial charge in [0, 0.05) is 24.4 Å². The minimum atomic E-state index is -3.17. The standard InChI is InChI=1S/C12H23N3O2S/c1-5-10(8-11-13-6-7-14-11)9-12(2,3)15-18(4,16)17/h6-7,10,15H,5,8-9H2,1-4H3,(H,13,14). The highest BCUT2D eigenvalue weighted by Crippen LogP contribution is 2.22. The lowest BCUT2D eigenvalue weighted by Gasteiger charge is -2.29. The molecule has 0 aromatic carbocycles. The van der Waals surface area contributed by atoms with Gasteiger partial charge in [0.15, 0.2) is 0 Å². The molecule has 0 radical (unpaired) electrons. The number of hydrogen-bond donors (Lipinski definition) is 2. The van der Waals surface area contributed by atoms with Gasteiger partial charge in [-0.1, -0.05) is 13.3 Å². The summed E-state index contributed by atoms with van der Waals surface area (Å²) in [6.07, 6.45) is 7.37. The van der Waals surface area contributed by atoms with Gasteiger partial charge >= 0.3 is 0 Å². The fourth-order valence-corrected chi connectivity index (χ4v) is 3.40. The van der Waals surface area contributed by atoms with Crippen LogP contribution < -0.4 is 4.72 Å². The van der Waals surface area contributed by atoms with Crippen LogP contribution in [0, 0.1) is 5.92 Å². The molecule has 0 saturated heterocycles. The van der Waals surface area contributed by atoms with Crippen molar-refractivity contribution in [3.8, 4) is 0 Å². The Bertz CT molecular complexity index is 452. The first-order valence-corrected chi connectivity index (χ1v) is 8.08. The summed E-state index contributed by atoms with van der Waals surface area (Å²) in [6, 6.07) is 0. The normalized spacial score (nSPS) is 14.7. The number of aromatic nitrogens is 2. The Labute approximate surface area is 109 Å². The molecule has 1 rings (SSSR count). The maximum atomic E-state index is 11.3. The topological polar surface area (TPSA) is 74.8 Å². The van der Waals surface area contributed by atoms with Crippen LogP contribution in [0.3, 0.4) is 0 Å². The van der Waals surface area contributed by atoms with Gasteiger partial charge in [0.05, 0.1) is 6.26 Å². The molecule has 1 aromatic rings. The van der Waals surface area contributed by atoms with Gasteiger partial charge in [-0.15, -0.1) is 0 Å². The van der Waals surface area contributed by atoms with Crippen LogP contribution in [0.5, 0.6) is 0 Å². The molecule has 0 aliphatic carbocycles. The van der Waals surface area contributed by atoms with Crippen LogP contribution >= 0.6 is 0 Å². The van der Waals surface area contributed by atoms with Crippen molar-refractivity contribution in [1.82, 2.24) is 14.7 Å². The van der Waals surface area contributed by atoms with Gasteiger partial charge in [0.1, 0.15) is 5.82 Å². The first-order valence-electron chi connectivity index (χ1n) is 6.19. The van der Waals surface area contributed by atoms with Crippen LogP contribution in [-0.4, -0.2) is 30.2 Å². The number of aromatic amines is 1. The van der Waals surface area contributed by atoms with E-state index in [2.05, 4.69) is 21.6 Å². The van der Waals surface area contributed by atoms with Gasteiger partial charge in [0.25, 0.3) is 0 Å². The molecule has 18 heavy (non-hydrogen) atoms. The largest absolute Gasteiger partial charge is 0.349 e. The number of nitrogens with one attached hydrogen (secondary N) is 2. The molecule has 0 saturated carbocycles. The molecule has 1 heterocycles. The van der Waals surface area contributed by atoms with E-state index in [1.54, 1.807) is 6.20 Å². The second kappa shape index (κ2) is 5.84. The van der Waals surface area contributed by atoms with Crippen molar-refractivity contribution in [1.29, 1.82) is 0 Å². The zero-order valence-electron chi connectivity index (χ0n) is 11.5. The van der Waals surface area contributed by atoms with Gasteiger partial charge < -0.3 is 4.98 Å². The van der Waals surface area contributed by atoms with E-state index in [0.29, 0.717) is 5.92 Å². The maximum absolute atomic E-state index is 11.3. The second-order valence-electron chi connectivity index (χ2n) is 5.48. The molecule has 0 aliphatic heterocycles. The predicted molar refractivity (Wildman–Crippen MR) is 72.7 cm³/mol. The molecule has 5 nitrogen and oxygen atoms in total. The monoisotopic (exact) mass is 273 g/mol. The summed E-state index contributed by atoms with van der Waals surface area (Å²) in [4.78, 5) is 7.30. The molecule has 2 N–H and O–H groups in total. The number of rotatable bonds is 7. The molecule has 1 aromatic heterocycles. The number of H-pyrrole nitrogens is 1. The molecule has 0 bridgehead atoms. The van der Waals surface area contributed by atoms with Crippen molar-refractivity contribution in [3.05, 3.63) is 18.2 Å². The van der Waals surface area contributed by atoms with E-state index < -0.39 is 15.6 Å². The van der Waals surface area contributed by atoms with Crippen LogP contribution in [0.1, 0.15) is 39.4 Å². The van der Waals surface area contributed by atoms with Crippen molar-refractivity contribution >= 4 is 10.0 Å². The Morgan fingerprint density at radius 2 is 2.17 bits per heavy atom. The molecular weight excluding hydrogens is 250 g/mol. The number of imidazole rings is 1. The van der Waals surface area contributed by atoms with E-state index in [-0.39, 0.29) is 0 Å². The predicted octanol–water partition coefficient (Wildman–Crippen LogP) is 1.70. The van der Waals surface area contributed by atoms with Crippen LogP contribution in [0.4, 0.5) is 0 Å². The Kier molecular flexibility index (Phi) is 4.92. The molecule has 0 spiro atoms. The molecule has 6 heteroatoms. The van der Waals surface area contributed by atoms with Crippen molar-refractivity contribution in [2.75, 3.05) is 6.26 Å². The summed E-state index contributed by atoms with van der Waals surface area (Å²) in [5, 5.41) is 0. The third-order valence-electron chi connectivity index (χ3n) is 2.87. The van der Waals surface area contributed by atoms with E-state index in [1.807, 2.05) is 20.0 Å². The van der Waals surface area contributed by atoms with Crippen molar-refractivity contribution in [2.24, 2.45) is 5.92 Å². The van der Waals surface area contributed by atoms with Gasteiger partial charge in [-0.25, -0.2) is 18.1 Å².